The first-order chi connectivity index (χ1) is 18.1. The monoisotopic (exact) mass is 532 g/mol. The van der Waals surface area contributed by atoms with Gasteiger partial charge in [-0.15, -0.1) is 11.3 Å². The summed E-state index contributed by atoms with van der Waals surface area (Å²) in [6.45, 7) is 1.92. The van der Waals surface area contributed by atoms with Crippen molar-refractivity contribution in [2.75, 3.05) is 20.8 Å². The summed E-state index contributed by atoms with van der Waals surface area (Å²) in [4.78, 5) is 33.8. The Morgan fingerprint density at radius 2 is 1.86 bits per heavy atom. The maximum atomic E-state index is 13.9. The van der Waals surface area contributed by atoms with E-state index in [1.807, 2.05) is 66.1 Å². The lowest BCUT2D eigenvalue weighted by Gasteiger charge is -2.27. The Kier molecular flexibility index (Phi) is 7.07. The second-order valence-corrected chi connectivity index (χ2v) is 10.0. The lowest BCUT2D eigenvalue weighted by Crippen LogP contribution is -2.40. The number of esters is 1. The molecule has 5 rings (SSSR count). The lowest BCUT2D eigenvalue weighted by atomic mass is 9.92. The van der Waals surface area contributed by atoms with E-state index in [1.165, 1.54) is 18.4 Å². The molecule has 0 fully saturated rings. The first kappa shape index (κ1) is 24.7. The Balaban J connectivity index is 1.89. The van der Waals surface area contributed by atoms with Crippen LogP contribution in [0.15, 0.2) is 81.4 Å². The molecular formula is C28H24N2O5S2. The Labute approximate surface area is 221 Å². The molecule has 1 atom stereocenters. The normalized spacial score (nSPS) is 15.2. The van der Waals surface area contributed by atoms with Crippen LogP contribution in [0.4, 0.5) is 0 Å². The number of hydrogen-bond donors (Lipinski definition) is 0. The molecule has 0 saturated heterocycles. The number of hydrogen-bond acceptors (Lipinski definition) is 8. The molecule has 0 N–H and O–H groups in total. The fourth-order valence-corrected chi connectivity index (χ4v) is 6.09. The first-order valence-corrected chi connectivity index (χ1v) is 13.3. The molecule has 1 aliphatic rings. The maximum absolute atomic E-state index is 13.9. The zero-order chi connectivity index (χ0) is 25.9. The molecule has 2 aromatic heterocycles. The molecule has 1 unspecified atom stereocenters. The van der Waals surface area contributed by atoms with Crippen molar-refractivity contribution in [3.8, 4) is 11.5 Å². The van der Waals surface area contributed by atoms with Crippen LogP contribution >= 0.6 is 22.7 Å². The summed E-state index contributed by atoms with van der Waals surface area (Å²) in [7, 11) is 3.08. The second kappa shape index (κ2) is 10.6. The zero-order valence-corrected chi connectivity index (χ0v) is 22.1. The van der Waals surface area contributed by atoms with E-state index in [-0.39, 0.29) is 17.7 Å². The Hall–Kier alpha value is -3.95. The van der Waals surface area contributed by atoms with Crippen molar-refractivity contribution in [1.29, 1.82) is 0 Å². The van der Waals surface area contributed by atoms with Gasteiger partial charge in [-0.1, -0.05) is 59.9 Å². The topological polar surface area (TPSA) is 79.1 Å². The molecular weight excluding hydrogens is 508 g/mol. The van der Waals surface area contributed by atoms with E-state index >= 15 is 0 Å². The third kappa shape index (κ3) is 4.52. The number of thiophene rings is 1. The SMILES string of the molecule is CCOC(=O)C1=C(c2ccccc2)N=c2s/c(=C\c3cccs3)c(=O)n2C1c1cccc(OC)c1OC. The van der Waals surface area contributed by atoms with E-state index in [0.717, 1.165) is 10.4 Å². The number of methoxy groups -OCH3 is 2. The van der Waals surface area contributed by atoms with Crippen LogP contribution in [0.1, 0.15) is 29.0 Å². The Bertz CT molecular complexity index is 1650. The van der Waals surface area contributed by atoms with Crippen LogP contribution in [0.2, 0.25) is 0 Å². The second-order valence-electron chi connectivity index (χ2n) is 8.03. The van der Waals surface area contributed by atoms with Gasteiger partial charge in [0.25, 0.3) is 5.56 Å². The third-order valence-corrected chi connectivity index (χ3v) is 7.72. The minimum atomic E-state index is -0.846. The predicted octanol–water partition coefficient (Wildman–Crippen LogP) is 4.01. The van der Waals surface area contributed by atoms with Gasteiger partial charge in [0, 0.05) is 16.0 Å². The van der Waals surface area contributed by atoms with Crippen LogP contribution in [0.25, 0.3) is 11.8 Å². The quantitative estimate of drug-likeness (QED) is 0.336. The van der Waals surface area contributed by atoms with Crippen molar-refractivity contribution < 1.29 is 19.0 Å². The van der Waals surface area contributed by atoms with Gasteiger partial charge in [0.1, 0.15) is 6.04 Å². The van der Waals surface area contributed by atoms with Gasteiger partial charge >= 0.3 is 5.97 Å². The molecule has 4 aromatic rings. The molecule has 7 nitrogen and oxygen atoms in total. The number of carbonyl (C=O) groups is 1. The number of nitrogens with zero attached hydrogens (tertiary/aromatic N) is 2. The molecule has 0 aliphatic carbocycles. The molecule has 188 valence electrons. The molecule has 0 spiro atoms. The number of para-hydroxylation sites is 1. The van der Waals surface area contributed by atoms with Gasteiger partial charge in [-0.2, -0.15) is 0 Å². The van der Waals surface area contributed by atoms with E-state index < -0.39 is 12.0 Å². The fraction of sp³-hybridized carbons (Fsp3) is 0.179. The number of aromatic nitrogens is 1. The number of ether oxygens (including phenoxy) is 3. The van der Waals surface area contributed by atoms with Crippen molar-refractivity contribution in [2.24, 2.45) is 4.99 Å². The van der Waals surface area contributed by atoms with Gasteiger partial charge < -0.3 is 14.2 Å². The molecule has 2 aromatic carbocycles. The van der Waals surface area contributed by atoms with Gasteiger partial charge in [-0.05, 0) is 30.5 Å². The third-order valence-electron chi connectivity index (χ3n) is 5.92. The van der Waals surface area contributed by atoms with Crippen LogP contribution in [-0.2, 0) is 9.53 Å². The molecule has 3 heterocycles. The molecule has 0 saturated carbocycles. The smallest absolute Gasteiger partial charge is 0.338 e. The van der Waals surface area contributed by atoms with E-state index in [0.29, 0.717) is 32.1 Å². The summed E-state index contributed by atoms with van der Waals surface area (Å²) in [6.07, 6.45) is 1.85. The van der Waals surface area contributed by atoms with Gasteiger partial charge in [-0.25, -0.2) is 9.79 Å². The van der Waals surface area contributed by atoms with E-state index in [9.17, 15) is 9.59 Å². The van der Waals surface area contributed by atoms with E-state index in [4.69, 9.17) is 19.2 Å². The van der Waals surface area contributed by atoms with Crippen LogP contribution in [0, 0.1) is 0 Å². The molecule has 0 bridgehead atoms. The van der Waals surface area contributed by atoms with Crippen LogP contribution in [0.3, 0.4) is 0 Å². The summed E-state index contributed by atoms with van der Waals surface area (Å²) >= 11 is 2.83. The zero-order valence-electron chi connectivity index (χ0n) is 20.5. The van der Waals surface area contributed by atoms with Gasteiger partial charge in [0.05, 0.1) is 36.6 Å². The molecule has 9 heteroatoms. The minimum Gasteiger partial charge on any atom is -0.493 e. The highest BCUT2D eigenvalue weighted by atomic mass is 32.1. The average molecular weight is 533 g/mol. The Morgan fingerprint density at radius 1 is 1.05 bits per heavy atom. The highest BCUT2D eigenvalue weighted by Gasteiger charge is 2.37. The van der Waals surface area contributed by atoms with Gasteiger partial charge in [0.15, 0.2) is 16.3 Å². The molecule has 0 amide bonds. The van der Waals surface area contributed by atoms with E-state index in [1.54, 1.807) is 36.0 Å². The van der Waals surface area contributed by atoms with Gasteiger partial charge in [-0.3, -0.25) is 9.36 Å². The highest BCUT2D eigenvalue weighted by Crippen LogP contribution is 2.42. The summed E-state index contributed by atoms with van der Waals surface area (Å²) in [6, 6.07) is 17.9. The van der Waals surface area contributed by atoms with E-state index in [2.05, 4.69) is 0 Å². The average Bonchev–Trinajstić information content (AvgIpc) is 3.55. The van der Waals surface area contributed by atoms with Crippen molar-refractivity contribution >= 4 is 40.4 Å². The maximum Gasteiger partial charge on any atom is 0.338 e. The predicted molar refractivity (Wildman–Crippen MR) is 145 cm³/mol. The summed E-state index contributed by atoms with van der Waals surface area (Å²) in [5.41, 5.74) is 1.80. The number of rotatable bonds is 7. The minimum absolute atomic E-state index is 0.176. The van der Waals surface area contributed by atoms with Crippen molar-refractivity contribution in [1.82, 2.24) is 4.57 Å². The van der Waals surface area contributed by atoms with Crippen LogP contribution in [-0.4, -0.2) is 31.4 Å². The number of carbonyl (C=O) groups excluding carboxylic acids is 1. The fourth-order valence-electron chi connectivity index (χ4n) is 4.36. The van der Waals surface area contributed by atoms with Crippen LogP contribution in [0.5, 0.6) is 11.5 Å². The lowest BCUT2D eigenvalue weighted by molar-refractivity contribution is -0.138. The first-order valence-electron chi connectivity index (χ1n) is 11.6. The number of thiazole rings is 1. The standard InChI is InChI=1S/C28H24N2O5S2/c1-4-35-27(32)22-23(17-10-6-5-7-11-17)29-28-30(26(31)21(37-28)16-18-12-9-15-36-18)24(22)19-13-8-14-20(33-2)25(19)34-3/h5-16,24H,4H2,1-3H3/b21-16-. The number of fused-ring (bicyclic) bond motifs is 1. The largest absolute Gasteiger partial charge is 0.493 e. The number of benzene rings is 2. The summed E-state index contributed by atoms with van der Waals surface area (Å²) in [5, 5.41) is 1.96. The molecule has 37 heavy (non-hydrogen) atoms. The molecule has 0 radical (unpaired) electrons. The highest BCUT2D eigenvalue weighted by molar-refractivity contribution is 7.11. The summed E-state index contributed by atoms with van der Waals surface area (Å²) < 4.78 is 18.9. The Morgan fingerprint density at radius 3 is 2.54 bits per heavy atom. The molecule has 1 aliphatic heterocycles. The van der Waals surface area contributed by atoms with Crippen LogP contribution < -0.4 is 24.4 Å². The van der Waals surface area contributed by atoms with Crippen molar-refractivity contribution in [3.63, 3.8) is 0 Å². The van der Waals surface area contributed by atoms with Crippen molar-refractivity contribution in [3.05, 3.63) is 107 Å². The summed E-state index contributed by atoms with van der Waals surface area (Å²) in [5.74, 6) is 0.369. The van der Waals surface area contributed by atoms with Gasteiger partial charge in [0.2, 0.25) is 0 Å². The van der Waals surface area contributed by atoms with Crippen molar-refractivity contribution in [2.45, 2.75) is 13.0 Å².